The summed E-state index contributed by atoms with van der Waals surface area (Å²) in [6.07, 6.45) is 7.31. The van der Waals surface area contributed by atoms with Crippen molar-refractivity contribution in [2.24, 2.45) is 10.9 Å². The number of aldehydes is 1. The lowest BCUT2D eigenvalue weighted by atomic mass is 10.3. The van der Waals surface area contributed by atoms with Gasteiger partial charge in [0.05, 0.1) is 5.69 Å². The zero-order chi connectivity index (χ0) is 11.5. The number of carbonyl (C=O) groups is 1. The molecule has 1 aliphatic carbocycles. The van der Waals surface area contributed by atoms with Gasteiger partial charge in [-0.2, -0.15) is 0 Å². The Morgan fingerprint density at radius 1 is 1.62 bits per heavy atom. The van der Waals surface area contributed by atoms with Crippen molar-refractivity contribution in [1.29, 1.82) is 0 Å². The fraction of sp³-hybridized carbons (Fsp3) is 0.385. The van der Waals surface area contributed by atoms with Crippen molar-refractivity contribution >= 4 is 24.9 Å². The van der Waals surface area contributed by atoms with Gasteiger partial charge in [-0.3, -0.25) is 4.79 Å². The topological polar surface area (TPSA) is 34.4 Å². The molecule has 16 heavy (non-hydrogen) atoms. The van der Waals surface area contributed by atoms with Gasteiger partial charge in [0.25, 0.3) is 0 Å². The van der Waals surface area contributed by atoms with Crippen LogP contribution in [-0.4, -0.2) is 17.6 Å². The maximum absolute atomic E-state index is 11.0. The van der Waals surface area contributed by atoms with E-state index in [1.807, 2.05) is 29.7 Å². The molecule has 1 fully saturated rings. The van der Waals surface area contributed by atoms with Crippen LogP contribution in [0.1, 0.15) is 35.8 Å². The zero-order valence-electron chi connectivity index (χ0n) is 9.52. The molecule has 84 valence electrons. The molecule has 0 aliphatic heterocycles. The van der Waals surface area contributed by atoms with Crippen LogP contribution in [0.3, 0.4) is 0 Å². The Labute approximate surface area is 95.5 Å². The minimum atomic E-state index is 0.697. The van der Waals surface area contributed by atoms with Crippen LogP contribution in [0.4, 0.5) is 5.82 Å². The number of carbonyl (C=O) groups excluding carboxylic acids is 1. The Hall–Kier alpha value is -1.64. The second-order valence-electron chi connectivity index (χ2n) is 4.18. The van der Waals surface area contributed by atoms with Gasteiger partial charge in [0.1, 0.15) is 5.82 Å². The quantitative estimate of drug-likeness (QED) is 0.550. The van der Waals surface area contributed by atoms with Crippen LogP contribution >= 0.6 is 0 Å². The summed E-state index contributed by atoms with van der Waals surface area (Å²) in [7, 11) is 0. The van der Waals surface area contributed by atoms with Crippen molar-refractivity contribution < 1.29 is 4.79 Å². The first kappa shape index (κ1) is 10.9. The average Bonchev–Trinajstić information content (AvgIpc) is 3.03. The lowest BCUT2D eigenvalue weighted by Crippen LogP contribution is -2.03. The summed E-state index contributed by atoms with van der Waals surface area (Å²) in [5, 5.41) is 0. The van der Waals surface area contributed by atoms with E-state index in [9.17, 15) is 4.79 Å². The highest BCUT2D eigenvalue weighted by molar-refractivity contribution is 5.79. The molecule has 1 aromatic rings. The molecule has 3 heteroatoms. The smallest absolute Gasteiger partial charge is 0.166 e. The SMILES string of the molecule is C=Nc1c(/C=C\C)cc(C=O)n1CC1CC1. The van der Waals surface area contributed by atoms with E-state index in [4.69, 9.17) is 0 Å². The van der Waals surface area contributed by atoms with Crippen molar-refractivity contribution in [3.63, 3.8) is 0 Å². The summed E-state index contributed by atoms with van der Waals surface area (Å²) < 4.78 is 1.98. The van der Waals surface area contributed by atoms with Gasteiger partial charge < -0.3 is 4.57 Å². The van der Waals surface area contributed by atoms with E-state index in [-0.39, 0.29) is 0 Å². The number of hydrogen-bond donors (Lipinski definition) is 0. The van der Waals surface area contributed by atoms with E-state index in [1.165, 1.54) is 12.8 Å². The minimum Gasteiger partial charge on any atom is -0.323 e. The molecule has 0 radical (unpaired) electrons. The van der Waals surface area contributed by atoms with Crippen molar-refractivity contribution in [3.05, 3.63) is 23.4 Å². The van der Waals surface area contributed by atoms with Gasteiger partial charge in [0, 0.05) is 12.1 Å². The van der Waals surface area contributed by atoms with Gasteiger partial charge in [-0.15, -0.1) is 0 Å². The summed E-state index contributed by atoms with van der Waals surface area (Å²) in [6, 6.07) is 1.87. The van der Waals surface area contributed by atoms with Crippen molar-refractivity contribution in [3.8, 4) is 0 Å². The van der Waals surface area contributed by atoms with E-state index in [0.717, 1.165) is 24.2 Å². The van der Waals surface area contributed by atoms with E-state index >= 15 is 0 Å². The maximum Gasteiger partial charge on any atom is 0.166 e. The molecule has 1 aliphatic rings. The van der Waals surface area contributed by atoms with E-state index in [1.54, 1.807) is 0 Å². The van der Waals surface area contributed by atoms with E-state index in [0.29, 0.717) is 11.6 Å². The van der Waals surface area contributed by atoms with Crippen molar-refractivity contribution in [2.45, 2.75) is 26.3 Å². The van der Waals surface area contributed by atoms with E-state index in [2.05, 4.69) is 11.7 Å². The monoisotopic (exact) mass is 216 g/mol. The van der Waals surface area contributed by atoms with Gasteiger partial charge in [-0.25, -0.2) is 4.99 Å². The zero-order valence-corrected chi connectivity index (χ0v) is 9.52. The maximum atomic E-state index is 11.0. The van der Waals surface area contributed by atoms with Gasteiger partial charge in [0.2, 0.25) is 0 Å². The minimum absolute atomic E-state index is 0.697. The van der Waals surface area contributed by atoms with Gasteiger partial charge >= 0.3 is 0 Å². The predicted molar refractivity (Wildman–Crippen MR) is 66.5 cm³/mol. The number of allylic oxidation sites excluding steroid dienone is 1. The molecule has 3 nitrogen and oxygen atoms in total. The van der Waals surface area contributed by atoms with Crippen molar-refractivity contribution in [2.75, 3.05) is 0 Å². The molecule has 0 N–H and O–H groups in total. The number of nitrogens with zero attached hydrogens (tertiary/aromatic N) is 2. The molecule has 0 spiro atoms. The first-order chi connectivity index (χ1) is 7.80. The van der Waals surface area contributed by atoms with Gasteiger partial charge in [-0.05, 0) is 38.5 Å². The van der Waals surface area contributed by atoms with Crippen LogP contribution in [0, 0.1) is 5.92 Å². The lowest BCUT2D eigenvalue weighted by molar-refractivity contribution is 0.111. The molecule has 0 atom stereocenters. The summed E-state index contributed by atoms with van der Waals surface area (Å²) in [5.74, 6) is 1.53. The van der Waals surface area contributed by atoms with Crippen LogP contribution in [0.25, 0.3) is 6.08 Å². The standard InChI is InChI=1S/C13H16N2O/c1-3-4-11-7-12(9-16)15(13(11)14-2)8-10-5-6-10/h3-4,7,9-10H,2,5-6,8H2,1H3/b4-3-. The molecule has 1 saturated carbocycles. The first-order valence-corrected chi connectivity index (χ1v) is 5.58. The highest BCUT2D eigenvalue weighted by Crippen LogP contribution is 2.34. The number of aromatic nitrogens is 1. The highest BCUT2D eigenvalue weighted by atomic mass is 16.1. The summed E-state index contributed by atoms with van der Waals surface area (Å²) in [6.45, 7) is 6.43. The molecule has 0 bridgehead atoms. The molecular formula is C13H16N2O. The largest absolute Gasteiger partial charge is 0.323 e. The van der Waals surface area contributed by atoms with Crippen LogP contribution in [-0.2, 0) is 6.54 Å². The second kappa shape index (κ2) is 4.47. The normalized spacial score (nSPS) is 15.6. The Bertz CT molecular complexity index is 439. The Kier molecular flexibility index (Phi) is 3.04. The number of rotatable bonds is 5. The summed E-state index contributed by atoms with van der Waals surface area (Å²) in [4.78, 5) is 15.0. The van der Waals surface area contributed by atoms with Crippen molar-refractivity contribution in [1.82, 2.24) is 4.57 Å². The third-order valence-corrected chi connectivity index (χ3v) is 2.88. The first-order valence-electron chi connectivity index (χ1n) is 5.58. The number of hydrogen-bond acceptors (Lipinski definition) is 2. The number of aliphatic imine (C=N–C) groups is 1. The van der Waals surface area contributed by atoms with Crippen LogP contribution in [0.15, 0.2) is 17.1 Å². The van der Waals surface area contributed by atoms with Crippen LogP contribution < -0.4 is 0 Å². The molecule has 0 aromatic carbocycles. The van der Waals surface area contributed by atoms with Crippen LogP contribution in [0.5, 0.6) is 0 Å². The van der Waals surface area contributed by atoms with Crippen LogP contribution in [0.2, 0.25) is 0 Å². The summed E-state index contributed by atoms with van der Waals surface area (Å²) in [5.41, 5.74) is 1.67. The molecule has 1 aromatic heterocycles. The summed E-state index contributed by atoms with van der Waals surface area (Å²) >= 11 is 0. The lowest BCUT2D eigenvalue weighted by Gasteiger charge is -2.06. The highest BCUT2D eigenvalue weighted by Gasteiger charge is 2.24. The Balaban J connectivity index is 2.43. The fourth-order valence-corrected chi connectivity index (χ4v) is 1.91. The Morgan fingerprint density at radius 3 is 2.88 bits per heavy atom. The Morgan fingerprint density at radius 2 is 2.38 bits per heavy atom. The molecule has 0 saturated heterocycles. The third-order valence-electron chi connectivity index (χ3n) is 2.88. The van der Waals surface area contributed by atoms with E-state index < -0.39 is 0 Å². The molecule has 2 rings (SSSR count). The average molecular weight is 216 g/mol. The molecule has 1 heterocycles. The second-order valence-corrected chi connectivity index (χ2v) is 4.18. The molecule has 0 amide bonds. The molecular weight excluding hydrogens is 200 g/mol. The molecule has 0 unspecified atom stereocenters. The fourth-order valence-electron chi connectivity index (χ4n) is 1.91. The predicted octanol–water partition coefficient (Wildman–Crippen LogP) is 3.08. The van der Waals surface area contributed by atoms with Gasteiger partial charge in [0.15, 0.2) is 6.29 Å². The third kappa shape index (κ3) is 1.98. The van der Waals surface area contributed by atoms with Gasteiger partial charge in [-0.1, -0.05) is 12.2 Å².